The molecule has 136 valence electrons. The molecule has 0 saturated carbocycles. The average molecular weight is 372 g/mol. The van der Waals surface area contributed by atoms with E-state index in [0.29, 0.717) is 22.6 Å². The SMILES string of the molecule is Cc1cc(C(O)(N[C@H](C)Cc2cnc[nH]2)c2ccccc2)c(O)cc1Cl. The van der Waals surface area contributed by atoms with E-state index in [0.717, 1.165) is 11.3 Å². The van der Waals surface area contributed by atoms with Crippen LogP contribution in [0.5, 0.6) is 5.75 Å². The van der Waals surface area contributed by atoms with Crippen molar-refractivity contribution in [3.05, 3.63) is 82.4 Å². The van der Waals surface area contributed by atoms with Crippen LogP contribution in [0.15, 0.2) is 55.0 Å². The lowest BCUT2D eigenvalue weighted by Gasteiger charge is -2.34. The van der Waals surface area contributed by atoms with Crippen LogP contribution >= 0.6 is 11.6 Å². The summed E-state index contributed by atoms with van der Waals surface area (Å²) in [6.45, 7) is 3.80. The van der Waals surface area contributed by atoms with Crippen molar-refractivity contribution in [1.29, 1.82) is 0 Å². The Morgan fingerprint density at radius 1 is 1.27 bits per heavy atom. The lowest BCUT2D eigenvalue weighted by molar-refractivity contribution is 0.0299. The molecule has 4 N–H and O–H groups in total. The van der Waals surface area contributed by atoms with E-state index in [1.807, 2.05) is 44.2 Å². The minimum Gasteiger partial charge on any atom is -0.507 e. The van der Waals surface area contributed by atoms with Crippen LogP contribution < -0.4 is 5.32 Å². The molecule has 0 aliphatic heterocycles. The van der Waals surface area contributed by atoms with Gasteiger partial charge in [-0.15, -0.1) is 0 Å². The van der Waals surface area contributed by atoms with Crippen LogP contribution in [0.1, 0.15) is 29.3 Å². The Morgan fingerprint density at radius 3 is 2.65 bits per heavy atom. The third-order valence-electron chi connectivity index (χ3n) is 4.39. The van der Waals surface area contributed by atoms with Gasteiger partial charge < -0.3 is 15.2 Å². The number of aliphatic hydroxyl groups is 1. The van der Waals surface area contributed by atoms with Crippen molar-refractivity contribution in [2.75, 3.05) is 0 Å². The lowest BCUT2D eigenvalue weighted by atomic mass is 9.91. The molecule has 6 heteroatoms. The number of aromatic hydroxyl groups is 1. The molecular weight excluding hydrogens is 350 g/mol. The van der Waals surface area contributed by atoms with Gasteiger partial charge in [-0.3, -0.25) is 5.32 Å². The number of hydrogen-bond acceptors (Lipinski definition) is 4. The van der Waals surface area contributed by atoms with Crippen molar-refractivity contribution in [2.24, 2.45) is 0 Å². The normalized spacial score (nSPS) is 14.8. The largest absolute Gasteiger partial charge is 0.507 e. The highest BCUT2D eigenvalue weighted by Crippen LogP contribution is 2.36. The first-order valence-electron chi connectivity index (χ1n) is 8.42. The Balaban J connectivity index is 2.01. The van der Waals surface area contributed by atoms with Crippen molar-refractivity contribution >= 4 is 11.6 Å². The maximum absolute atomic E-state index is 11.6. The monoisotopic (exact) mass is 371 g/mol. The van der Waals surface area contributed by atoms with E-state index in [4.69, 9.17) is 11.6 Å². The van der Waals surface area contributed by atoms with Gasteiger partial charge in [-0.25, -0.2) is 4.98 Å². The molecule has 0 radical (unpaired) electrons. The van der Waals surface area contributed by atoms with Gasteiger partial charge in [-0.1, -0.05) is 41.9 Å². The van der Waals surface area contributed by atoms with Gasteiger partial charge in [0.25, 0.3) is 0 Å². The molecule has 2 aromatic carbocycles. The summed E-state index contributed by atoms with van der Waals surface area (Å²) in [4.78, 5) is 7.08. The molecule has 0 amide bonds. The summed E-state index contributed by atoms with van der Waals surface area (Å²) >= 11 is 6.11. The average Bonchev–Trinajstić information content (AvgIpc) is 3.11. The van der Waals surface area contributed by atoms with Crippen molar-refractivity contribution in [3.8, 4) is 5.75 Å². The molecule has 0 fully saturated rings. The van der Waals surface area contributed by atoms with Gasteiger partial charge >= 0.3 is 0 Å². The standard InChI is InChI=1S/C20H22ClN3O2/c1-13-8-17(19(25)10-18(13)21)20(26,15-6-4-3-5-7-15)24-14(2)9-16-11-22-12-23-16/h3-8,10-12,14,24-26H,9H2,1-2H3,(H,22,23)/t14-,20?/m1/s1. The Kier molecular flexibility index (Phi) is 5.32. The van der Waals surface area contributed by atoms with E-state index in [-0.39, 0.29) is 11.8 Å². The fourth-order valence-electron chi connectivity index (χ4n) is 3.09. The van der Waals surface area contributed by atoms with Crippen LogP contribution in [-0.2, 0) is 12.1 Å². The highest BCUT2D eigenvalue weighted by atomic mass is 35.5. The molecule has 1 unspecified atom stereocenters. The van der Waals surface area contributed by atoms with Crippen molar-refractivity contribution < 1.29 is 10.2 Å². The number of nitrogens with one attached hydrogen (secondary N) is 2. The van der Waals surface area contributed by atoms with Crippen LogP contribution in [0.2, 0.25) is 5.02 Å². The minimum absolute atomic E-state index is 0.0619. The fourth-order valence-corrected chi connectivity index (χ4v) is 3.25. The maximum atomic E-state index is 11.6. The molecule has 0 bridgehead atoms. The summed E-state index contributed by atoms with van der Waals surface area (Å²) in [6, 6.07) is 12.3. The molecule has 0 aliphatic carbocycles. The van der Waals surface area contributed by atoms with Crippen molar-refractivity contribution in [3.63, 3.8) is 0 Å². The summed E-state index contributed by atoms with van der Waals surface area (Å²) < 4.78 is 0. The van der Waals surface area contributed by atoms with E-state index < -0.39 is 5.72 Å². The van der Waals surface area contributed by atoms with Gasteiger partial charge in [0.1, 0.15) is 5.75 Å². The zero-order chi connectivity index (χ0) is 18.7. The number of imidazole rings is 1. The fraction of sp³-hybridized carbons (Fsp3) is 0.250. The predicted octanol–water partition coefficient (Wildman–Crippen LogP) is 3.49. The number of phenols is 1. The second-order valence-corrected chi connectivity index (χ2v) is 6.93. The quantitative estimate of drug-likeness (QED) is 0.500. The minimum atomic E-state index is -1.57. The lowest BCUT2D eigenvalue weighted by Crippen LogP contribution is -2.48. The highest BCUT2D eigenvalue weighted by Gasteiger charge is 2.35. The van der Waals surface area contributed by atoms with E-state index in [1.54, 1.807) is 18.6 Å². The van der Waals surface area contributed by atoms with Gasteiger partial charge in [-0.2, -0.15) is 0 Å². The summed E-state index contributed by atoms with van der Waals surface area (Å²) in [5.41, 5.74) is 1.16. The molecule has 0 aliphatic rings. The number of hydrogen-bond donors (Lipinski definition) is 4. The van der Waals surface area contributed by atoms with E-state index in [2.05, 4.69) is 15.3 Å². The second kappa shape index (κ2) is 7.50. The summed E-state index contributed by atoms with van der Waals surface area (Å²) in [5, 5.41) is 25.8. The number of rotatable bonds is 6. The van der Waals surface area contributed by atoms with Crippen molar-refractivity contribution in [2.45, 2.75) is 32.0 Å². The number of H-pyrrole nitrogens is 1. The number of aryl methyl sites for hydroxylation is 1. The molecule has 26 heavy (non-hydrogen) atoms. The molecule has 1 heterocycles. The van der Waals surface area contributed by atoms with Crippen LogP contribution in [-0.4, -0.2) is 26.2 Å². The van der Waals surface area contributed by atoms with Crippen LogP contribution in [0.25, 0.3) is 0 Å². The molecule has 1 aromatic heterocycles. The Labute approximate surface area is 157 Å². The van der Waals surface area contributed by atoms with Gasteiger partial charge in [0.2, 0.25) is 0 Å². The molecule has 3 rings (SSSR count). The zero-order valence-electron chi connectivity index (χ0n) is 14.7. The second-order valence-electron chi connectivity index (χ2n) is 6.52. The smallest absolute Gasteiger partial charge is 0.172 e. The first kappa shape index (κ1) is 18.5. The zero-order valence-corrected chi connectivity index (χ0v) is 15.5. The van der Waals surface area contributed by atoms with Gasteiger partial charge in [0.05, 0.1) is 6.33 Å². The van der Waals surface area contributed by atoms with E-state index in [9.17, 15) is 10.2 Å². The number of nitrogens with zero attached hydrogens (tertiary/aromatic N) is 1. The van der Waals surface area contributed by atoms with Crippen LogP contribution in [0, 0.1) is 6.92 Å². The number of phenolic OH excluding ortho intramolecular Hbond substituents is 1. The molecular formula is C20H22ClN3O2. The maximum Gasteiger partial charge on any atom is 0.172 e. The summed E-state index contributed by atoms with van der Waals surface area (Å²) in [6.07, 6.45) is 4.02. The summed E-state index contributed by atoms with van der Waals surface area (Å²) in [5.74, 6) is -0.0619. The molecule has 2 atom stereocenters. The first-order chi connectivity index (χ1) is 12.4. The topological polar surface area (TPSA) is 81.2 Å². The summed E-state index contributed by atoms with van der Waals surface area (Å²) in [7, 11) is 0. The highest BCUT2D eigenvalue weighted by molar-refractivity contribution is 6.31. The van der Waals surface area contributed by atoms with E-state index in [1.165, 1.54) is 6.07 Å². The molecule has 0 spiro atoms. The van der Waals surface area contributed by atoms with Gasteiger partial charge in [-0.05, 0) is 31.5 Å². The van der Waals surface area contributed by atoms with E-state index >= 15 is 0 Å². The van der Waals surface area contributed by atoms with Crippen LogP contribution in [0.4, 0.5) is 0 Å². The first-order valence-corrected chi connectivity index (χ1v) is 8.80. The van der Waals surface area contributed by atoms with Gasteiger partial charge in [0, 0.05) is 40.5 Å². The predicted molar refractivity (Wildman–Crippen MR) is 102 cm³/mol. The Bertz CT molecular complexity index is 868. The number of benzene rings is 2. The Hall–Kier alpha value is -2.34. The molecule has 5 nitrogen and oxygen atoms in total. The molecule has 0 saturated heterocycles. The number of aromatic nitrogens is 2. The third kappa shape index (κ3) is 3.75. The Morgan fingerprint density at radius 2 is 2.00 bits per heavy atom. The van der Waals surface area contributed by atoms with Gasteiger partial charge in [0.15, 0.2) is 5.72 Å². The van der Waals surface area contributed by atoms with Crippen molar-refractivity contribution in [1.82, 2.24) is 15.3 Å². The number of halogens is 1. The van der Waals surface area contributed by atoms with Crippen LogP contribution in [0.3, 0.4) is 0 Å². The molecule has 3 aromatic rings. The third-order valence-corrected chi connectivity index (χ3v) is 4.80. The number of aromatic amines is 1.